The smallest absolute Gasteiger partial charge is 0.238 e. The van der Waals surface area contributed by atoms with Gasteiger partial charge in [-0.3, -0.25) is 0 Å². The summed E-state index contributed by atoms with van der Waals surface area (Å²) in [6.45, 7) is 7.11. The maximum absolute atomic E-state index is 11.5. The molecule has 2 aromatic rings. The average Bonchev–Trinajstić information content (AvgIpc) is 2.70. The molecule has 0 aliphatic heterocycles. The number of ether oxygens (including phenoxy) is 1. The quantitative estimate of drug-likeness (QED) is 0.242. The second-order valence-corrected chi connectivity index (χ2v) is 8.44. The lowest BCUT2D eigenvalue weighted by Crippen LogP contribution is -2.40. The molecule has 2 aromatic carbocycles. The van der Waals surface area contributed by atoms with E-state index in [9.17, 15) is 8.42 Å². The van der Waals surface area contributed by atoms with Crippen molar-refractivity contribution >= 4 is 40.0 Å². The van der Waals surface area contributed by atoms with Crippen LogP contribution in [-0.4, -0.2) is 34.1 Å². The first kappa shape index (κ1) is 26.3. The number of sulfonamides is 1. The number of rotatable bonds is 10. The predicted octanol–water partition coefficient (Wildman–Crippen LogP) is 2.86. The molecule has 1 atom stereocenters. The van der Waals surface area contributed by atoms with Crippen LogP contribution in [0.15, 0.2) is 64.5 Å². The highest BCUT2D eigenvalue weighted by molar-refractivity contribution is 14.0. The molecular weight excluding hydrogens is 515 g/mol. The van der Waals surface area contributed by atoms with E-state index in [1.165, 1.54) is 6.07 Å². The summed E-state index contributed by atoms with van der Waals surface area (Å²) in [4.78, 5) is 4.61. The van der Waals surface area contributed by atoms with Crippen molar-refractivity contribution in [2.45, 2.75) is 31.9 Å². The van der Waals surface area contributed by atoms with Crippen molar-refractivity contribution in [2.75, 3.05) is 19.7 Å². The summed E-state index contributed by atoms with van der Waals surface area (Å²) >= 11 is 0. The number of hydrogen-bond donors (Lipinski definition) is 3. The van der Waals surface area contributed by atoms with Crippen LogP contribution < -0.4 is 15.8 Å². The van der Waals surface area contributed by atoms with Gasteiger partial charge in [-0.15, -0.1) is 24.0 Å². The van der Waals surface area contributed by atoms with Crippen LogP contribution in [0.3, 0.4) is 0 Å². The molecule has 0 aliphatic rings. The Kier molecular flexibility index (Phi) is 11.9. The van der Waals surface area contributed by atoms with E-state index in [4.69, 9.17) is 9.88 Å². The number of hydrogen-bond acceptors (Lipinski definition) is 4. The summed E-state index contributed by atoms with van der Waals surface area (Å²) in [5.74, 6) is 0.969. The van der Waals surface area contributed by atoms with E-state index in [-0.39, 0.29) is 28.9 Å². The van der Waals surface area contributed by atoms with Crippen molar-refractivity contribution in [1.82, 2.24) is 10.6 Å². The predicted molar refractivity (Wildman–Crippen MR) is 131 cm³/mol. The van der Waals surface area contributed by atoms with Crippen LogP contribution in [-0.2, 0) is 27.9 Å². The lowest BCUT2D eigenvalue weighted by molar-refractivity contribution is 0.0931. The minimum Gasteiger partial charge on any atom is -0.376 e. The molecule has 4 N–H and O–H groups in total. The Morgan fingerprint density at radius 1 is 1.10 bits per heavy atom. The fourth-order valence-corrected chi connectivity index (χ4v) is 3.20. The summed E-state index contributed by atoms with van der Waals surface area (Å²) < 4.78 is 28.8. The Labute approximate surface area is 196 Å². The number of guanidine groups is 1. The third kappa shape index (κ3) is 9.88. The van der Waals surface area contributed by atoms with Gasteiger partial charge in [-0.2, -0.15) is 0 Å². The van der Waals surface area contributed by atoms with Gasteiger partial charge in [0.05, 0.1) is 24.7 Å². The first-order valence-electron chi connectivity index (χ1n) is 9.64. The first-order valence-corrected chi connectivity index (χ1v) is 11.2. The number of aliphatic imine (C=N–C) groups is 1. The minimum absolute atomic E-state index is 0. The van der Waals surface area contributed by atoms with Gasteiger partial charge < -0.3 is 15.4 Å². The van der Waals surface area contributed by atoms with Gasteiger partial charge in [0.15, 0.2) is 5.96 Å². The van der Waals surface area contributed by atoms with Crippen LogP contribution in [0.2, 0.25) is 0 Å². The highest BCUT2D eigenvalue weighted by atomic mass is 127. The molecule has 0 bridgehead atoms. The summed E-state index contributed by atoms with van der Waals surface area (Å²) in [7, 11) is -3.72. The van der Waals surface area contributed by atoms with E-state index < -0.39 is 10.0 Å². The number of nitrogens with two attached hydrogens (primary N) is 1. The van der Waals surface area contributed by atoms with E-state index >= 15 is 0 Å². The van der Waals surface area contributed by atoms with Crippen molar-refractivity contribution in [3.8, 4) is 0 Å². The molecule has 0 aliphatic carbocycles. The normalized spacial score (nSPS) is 12.7. The van der Waals surface area contributed by atoms with E-state index in [1.54, 1.807) is 12.1 Å². The van der Waals surface area contributed by atoms with Gasteiger partial charge in [-0.05, 0) is 36.1 Å². The lowest BCUT2D eigenvalue weighted by Gasteiger charge is -2.16. The Bertz CT molecular complexity index is 892. The Morgan fingerprint density at radius 2 is 1.80 bits per heavy atom. The molecule has 166 valence electrons. The lowest BCUT2D eigenvalue weighted by atomic mass is 10.2. The van der Waals surface area contributed by atoms with Crippen LogP contribution in [0.5, 0.6) is 0 Å². The fraction of sp³-hybridized carbons (Fsp3) is 0.381. The van der Waals surface area contributed by atoms with Crippen molar-refractivity contribution in [1.29, 1.82) is 0 Å². The molecule has 2 rings (SSSR count). The molecule has 1 unspecified atom stereocenters. The van der Waals surface area contributed by atoms with Gasteiger partial charge in [0.1, 0.15) is 0 Å². The second kappa shape index (κ2) is 13.6. The van der Waals surface area contributed by atoms with Gasteiger partial charge in [-0.25, -0.2) is 18.5 Å². The van der Waals surface area contributed by atoms with E-state index in [0.717, 1.165) is 17.7 Å². The first-order chi connectivity index (χ1) is 13.9. The van der Waals surface area contributed by atoms with E-state index in [0.29, 0.717) is 38.2 Å². The van der Waals surface area contributed by atoms with Gasteiger partial charge >= 0.3 is 0 Å². The third-order valence-electron chi connectivity index (χ3n) is 4.12. The van der Waals surface area contributed by atoms with Crippen molar-refractivity contribution in [3.63, 3.8) is 0 Å². The molecule has 0 spiro atoms. The summed E-state index contributed by atoms with van der Waals surface area (Å²) in [6.07, 6.45) is 0. The zero-order valence-electron chi connectivity index (χ0n) is 17.4. The van der Waals surface area contributed by atoms with Crippen molar-refractivity contribution in [2.24, 2.45) is 16.0 Å². The summed E-state index contributed by atoms with van der Waals surface area (Å²) in [6, 6.07) is 16.6. The van der Waals surface area contributed by atoms with Crippen LogP contribution >= 0.6 is 24.0 Å². The van der Waals surface area contributed by atoms with Crippen molar-refractivity contribution in [3.05, 3.63) is 65.7 Å². The molecule has 0 heterocycles. The van der Waals surface area contributed by atoms with Gasteiger partial charge in [0.2, 0.25) is 10.0 Å². The molecule has 9 heteroatoms. The Morgan fingerprint density at radius 3 is 2.47 bits per heavy atom. The monoisotopic (exact) mass is 546 g/mol. The number of nitrogens with one attached hydrogen (secondary N) is 2. The molecule has 0 fully saturated rings. The topological polar surface area (TPSA) is 106 Å². The standard InChI is InChI=1S/C21H30N4O3S.HI/c1-3-23-21(25-14-19-10-7-11-20(12-19)29(22,26)27)24-13-17(2)15-28-16-18-8-5-4-6-9-18;/h4-12,17H,3,13-16H2,1-2H3,(H2,22,26,27)(H2,23,24,25);1H. The highest BCUT2D eigenvalue weighted by Crippen LogP contribution is 2.10. The molecule has 0 saturated carbocycles. The van der Waals surface area contributed by atoms with Crippen LogP contribution in [0, 0.1) is 5.92 Å². The number of benzene rings is 2. The molecule has 0 amide bonds. The van der Waals surface area contributed by atoms with Crippen LogP contribution in [0.25, 0.3) is 0 Å². The minimum atomic E-state index is -3.72. The number of halogens is 1. The Balaban J connectivity index is 0.00000450. The van der Waals surface area contributed by atoms with Crippen LogP contribution in [0.1, 0.15) is 25.0 Å². The van der Waals surface area contributed by atoms with Crippen molar-refractivity contribution < 1.29 is 13.2 Å². The zero-order valence-corrected chi connectivity index (χ0v) is 20.5. The molecule has 30 heavy (non-hydrogen) atoms. The van der Waals surface area contributed by atoms with Gasteiger partial charge in [0, 0.05) is 13.1 Å². The summed E-state index contributed by atoms with van der Waals surface area (Å²) in [5.41, 5.74) is 1.93. The Hall–Kier alpha value is -1.69. The molecular formula is C21H31IN4O3S. The summed E-state index contributed by atoms with van der Waals surface area (Å²) in [5, 5.41) is 11.7. The van der Waals surface area contributed by atoms with Crippen LogP contribution in [0.4, 0.5) is 0 Å². The number of nitrogens with zero attached hydrogens (tertiary/aromatic N) is 1. The zero-order chi connectivity index (χ0) is 21.1. The molecule has 0 saturated heterocycles. The third-order valence-corrected chi connectivity index (χ3v) is 5.03. The SMILES string of the molecule is CCNC(=NCc1cccc(S(N)(=O)=O)c1)NCC(C)COCc1ccccc1.I. The van der Waals surface area contributed by atoms with E-state index in [1.807, 2.05) is 43.3 Å². The second-order valence-electron chi connectivity index (χ2n) is 6.87. The average molecular weight is 546 g/mol. The largest absolute Gasteiger partial charge is 0.376 e. The highest BCUT2D eigenvalue weighted by Gasteiger charge is 2.08. The number of primary sulfonamides is 1. The van der Waals surface area contributed by atoms with Gasteiger partial charge in [0.25, 0.3) is 0 Å². The van der Waals surface area contributed by atoms with E-state index in [2.05, 4.69) is 22.5 Å². The molecule has 0 aromatic heterocycles. The fourth-order valence-electron chi connectivity index (χ4n) is 2.61. The molecule has 7 nitrogen and oxygen atoms in total. The maximum atomic E-state index is 11.5. The van der Waals surface area contributed by atoms with Gasteiger partial charge in [-0.1, -0.05) is 49.4 Å². The maximum Gasteiger partial charge on any atom is 0.238 e. The molecule has 0 radical (unpaired) electrons.